The highest BCUT2D eigenvalue weighted by Crippen LogP contribution is 2.33. The molecule has 0 aliphatic heterocycles. The van der Waals surface area contributed by atoms with Gasteiger partial charge in [0.15, 0.2) is 0 Å². The second-order valence-corrected chi connectivity index (χ2v) is 5.48. The summed E-state index contributed by atoms with van der Waals surface area (Å²) in [5.74, 6) is -0.424. The van der Waals surface area contributed by atoms with Crippen LogP contribution in [-0.4, -0.2) is 17.1 Å². The quantitative estimate of drug-likeness (QED) is 0.878. The van der Waals surface area contributed by atoms with Gasteiger partial charge in [0.1, 0.15) is 6.04 Å². The molecule has 4 heteroatoms. The Balaban J connectivity index is 1.98. The molecule has 3 nitrogen and oxygen atoms in total. The van der Waals surface area contributed by atoms with Crippen molar-refractivity contribution in [3.63, 3.8) is 0 Å². The van der Waals surface area contributed by atoms with E-state index in [0.29, 0.717) is 12.5 Å². The molecule has 0 aromatic heterocycles. The van der Waals surface area contributed by atoms with Crippen molar-refractivity contribution in [3.05, 3.63) is 33.8 Å². The number of nitrogens with one attached hydrogen (secondary N) is 1. The maximum Gasteiger partial charge on any atom is 0.320 e. The van der Waals surface area contributed by atoms with Gasteiger partial charge >= 0.3 is 5.97 Å². The first-order valence-electron chi connectivity index (χ1n) is 5.79. The van der Waals surface area contributed by atoms with Gasteiger partial charge in [0.25, 0.3) is 0 Å². The summed E-state index contributed by atoms with van der Waals surface area (Å²) in [6.07, 6.45) is 2.05. The minimum Gasteiger partial charge on any atom is -0.480 e. The normalized spacial score (nSPS) is 16.8. The Hall–Kier alpha value is -0.870. The van der Waals surface area contributed by atoms with Crippen molar-refractivity contribution in [1.29, 1.82) is 0 Å². The van der Waals surface area contributed by atoms with Gasteiger partial charge in [0, 0.05) is 11.0 Å². The Labute approximate surface area is 109 Å². The Morgan fingerprint density at radius 3 is 2.82 bits per heavy atom. The Morgan fingerprint density at radius 1 is 1.59 bits per heavy atom. The van der Waals surface area contributed by atoms with Crippen molar-refractivity contribution in [3.8, 4) is 0 Å². The second-order valence-electron chi connectivity index (χ2n) is 4.63. The highest BCUT2D eigenvalue weighted by Gasteiger charge is 2.35. The van der Waals surface area contributed by atoms with Crippen LogP contribution in [0.5, 0.6) is 0 Å². The molecule has 0 amide bonds. The lowest BCUT2D eigenvalue weighted by atomic mass is 10.1. The summed E-state index contributed by atoms with van der Waals surface area (Å²) in [4.78, 5) is 11.1. The largest absolute Gasteiger partial charge is 0.480 e. The van der Waals surface area contributed by atoms with Gasteiger partial charge in [-0.15, -0.1) is 0 Å². The highest BCUT2D eigenvalue weighted by molar-refractivity contribution is 9.10. The number of halogens is 1. The van der Waals surface area contributed by atoms with Crippen LogP contribution in [0, 0.1) is 12.8 Å². The molecule has 0 bridgehead atoms. The molecule has 0 heterocycles. The number of aliphatic carboxylic acids is 1. The second kappa shape index (κ2) is 5.19. The number of rotatable bonds is 5. The Morgan fingerprint density at radius 2 is 2.29 bits per heavy atom. The van der Waals surface area contributed by atoms with Crippen molar-refractivity contribution in [2.24, 2.45) is 5.92 Å². The highest BCUT2D eigenvalue weighted by atomic mass is 79.9. The van der Waals surface area contributed by atoms with E-state index >= 15 is 0 Å². The minimum atomic E-state index is -0.740. The minimum absolute atomic E-state index is 0.316. The maximum atomic E-state index is 11.1. The zero-order valence-corrected chi connectivity index (χ0v) is 11.3. The van der Waals surface area contributed by atoms with E-state index in [2.05, 4.69) is 21.2 Å². The van der Waals surface area contributed by atoms with Crippen LogP contribution >= 0.6 is 15.9 Å². The van der Waals surface area contributed by atoms with E-state index in [-0.39, 0.29) is 0 Å². The molecule has 1 fully saturated rings. The molecule has 1 unspecified atom stereocenters. The van der Waals surface area contributed by atoms with Gasteiger partial charge in [-0.05, 0) is 42.9 Å². The van der Waals surface area contributed by atoms with Crippen LogP contribution in [0.4, 0.5) is 0 Å². The molecule has 1 aliphatic rings. The fourth-order valence-electron chi connectivity index (χ4n) is 1.90. The van der Waals surface area contributed by atoms with Gasteiger partial charge in [0.2, 0.25) is 0 Å². The number of carbonyl (C=O) groups is 1. The van der Waals surface area contributed by atoms with E-state index < -0.39 is 12.0 Å². The van der Waals surface area contributed by atoms with Gasteiger partial charge in [-0.25, -0.2) is 0 Å². The molecule has 1 aromatic rings. The van der Waals surface area contributed by atoms with Crippen LogP contribution < -0.4 is 5.32 Å². The van der Waals surface area contributed by atoms with E-state index in [1.807, 2.05) is 25.1 Å². The molecule has 0 spiro atoms. The number of hydrogen-bond acceptors (Lipinski definition) is 2. The predicted octanol–water partition coefficient (Wildman–Crippen LogP) is 2.71. The lowest BCUT2D eigenvalue weighted by molar-refractivity contribution is -0.140. The standard InChI is InChI=1S/C13H16BrNO2/c1-8-2-3-10(11(14)6-8)7-15-12(13(16)17)9-4-5-9/h2-3,6,9,12,15H,4-5,7H2,1H3,(H,16,17). The molecule has 1 atom stereocenters. The average molecular weight is 298 g/mol. The molecule has 2 N–H and O–H groups in total. The molecule has 92 valence electrons. The first-order chi connectivity index (χ1) is 8.08. The monoisotopic (exact) mass is 297 g/mol. The lowest BCUT2D eigenvalue weighted by Crippen LogP contribution is -2.38. The van der Waals surface area contributed by atoms with E-state index in [1.165, 1.54) is 5.56 Å². The van der Waals surface area contributed by atoms with Crippen LogP contribution in [0.25, 0.3) is 0 Å². The summed E-state index contributed by atoms with van der Waals surface area (Å²) in [7, 11) is 0. The summed E-state index contributed by atoms with van der Waals surface area (Å²) in [5.41, 5.74) is 2.29. The number of carboxylic acids is 1. The predicted molar refractivity (Wildman–Crippen MR) is 69.9 cm³/mol. The molecule has 17 heavy (non-hydrogen) atoms. The van der Waals surface area contributed by atoms with Crippen LogP contribution in [0.2, 0.25) is 0 Å². The molecule has 1 aliphatic carbocycles. The van der Waals surface area contributed by atoms with Gasteiger partial charge < -0.3 is 10.4 Å². The SMILES string of the molecule is Cc1ccc(CNC(C(=O)O)C2CC2)c(Br)c1. The fraction of sp³-hybridized carbons (Fsp3) is 0.462. The fourth-order valence-corrected chi connectivity index (χ4v) is 2.53. The third-order valence-electron chi connectivity index (χ3n) is 3.08. The molecule has 1 saturated carbocycles. The number of aryl methyl sites for hydroxylation is 1. The zero-order valence-electron chi connectivity index (χ0n) is 9.74. The molecular weight excluding hydrogens is 282 g/mol. The van der Waals surface area contributed by atoms with Crippen LogP contribution in [0.15, 0.2) is 22.7 Å². The van der Waals surface area contributed by atoms with E-state index in [9.17, 15) is 4.79 Å². The third kappa shape index (κ3) is 3.30. The summed E-state index contributed by atoms with van der Waals surface area (Å²) in [6, 6.07) is 5.71. The van der Waals surface area contributed by atoms with Gasteiger partial charge in [0.05, 0.1) is 0 Å². The van der Waals surface area contributed by atoms with E-state index in [1.54, 1.807) is 0 Å². The smallest absolute Gasteiger partial charge is 0.320 e. The summed E-state index contributed by atoms with van der Waals surface area (Å²) in [6.45, 7) is 2.63. The Bertz CT molecular complexity index is 429. The van der Waals surface area contributed by atoms with Gasteiger partial charge in [-0.1, -0.05) is 28.1 Å². The summed E-state index contributed by atoms with van der Waals surface area (Å²) in [5, 5.41) is 12.2. The van der Waals surface area contributed by atoms with Crippen molar-refractivity contribution in [2.45, 2.75) is 32.4 Å². The van der Waals surface area contributed by atoms with E-state index in [4.69, 9.17) is 5.11 Å². The number of hydrogen-bond donors (Lipinski definition) is 2. The first kappa shape index (κ1) is 12.6. The summed E-state index contributed by atoms with van der Waals surface area (Å²) >= 11 is 3.50. The Kier molecular flexibility index (Phi) is 3.84. The van der Waals surface area contributed by atoms with E-state index in [0.717, 1.165) is 22.9 Å². The van der Waals surface area contributed by atoms with Gasteiger partial charge in [-0.2, -0.15) is 0 Å². The maximum absolute atomic E-state index is 11.1. The molecule has 0 saturated heterocycles. The van der Waals surface area contributed by atoms with Crippen LogP contribution in [0.3, 0.4) is 0 Å². The van der Waals surface area contributed by atoms with Crippen molar-refractivity contribution >= 4 is 21.9 Å². The third-order valence-corrected chi connectivity index (χ3v) is 3.82. The first-order valence-corrected chi connectivity index (χ1v) is 6.58. The van der Waals surface area contributed by atoms with Crippen LogP contribution in [0.1, 0.15) is 24.0 Å². The average Bonchev–Trinajstić information content (AvgIpc) is 3.05. The molecule has 2 rings (SSSR count). The number of benzene rings is 1. The zero-order chi connectivity index (χ0) is 12.4. The van der Waals surface area contributed by atoms with Crippen LogP contribution in [-0.2, 0) is 11.3 Å². The lowest BCUT2D eigenvalue weighted by Gasteiger charge is -2.14. The topological polar surface area (TPSA) is 49.3 Å². The molecule has 1 aromatic carbocycles. The molecular formula is C13H16BrNO2. The van der Waals surface area contributed by atoms with Crippen molar-refractivity contribution in [1.82, 2.24) is 5.32 Å². The van der Waals surface area contributed by atoms with Crippen molar-refractivity contribution in [2.75, 3.05) is 0 Å². The summed E-state index contributed by atoms with van der Waals surface area (Å²) < 4.78 is 1.03. The number of carboxylic acid groups (broad SMARTS) is 1. The van der Waals surface area contributed by atoms with Crippen molar-refractivity contribution < 1.29 is 9.90 Å². The molecule has 0 radical (unpaired) electrons. The van der Waals surface area contributed by atoms with Gasteiger partial charge in [-0.3, -0.25) is 4.79 Å².